The molecule has 23 heavy (non-hydrogen) atoms. The van der Waals surface area contributed by atoms with Gasteiger partial charge in [-0.1, -0.05) is 37.3 Å². The number of hydrogen-bond donors (Lipinski definition) is 1. The number of benzene rings is 2. The lowest BCUT2D eigenvalue weighted by Crippen LogP contribution is -2.27. The molecule has 1 unspecified atom stereocenters. The average Bonchev–Trinajstić information content (AvgIpc) is 3.02. The summed E-state index contributed by atoms with van der Waals surface area (Å²) in [5, 5.41) is 7.35. The van der Waals surface area contributed by atoms with E-state index >= 15 is 0 Å². The summed E-state index contributed by atoms with van der Waals surface area (Å²) in [6.45, 7) is 3.88. The van der Waals surface area contributed by atoms with Crippen molar-refractivity contribution >= 4 is 21.1 Å². The van der Waals surface area contributed by atoms with Gasteiger partial charge in [-0.05, 0) is 46.9 Å². The van der Waals surface area contributed by atoms with Crippen LogP contribution in [0.2, 0.25) is 0 Å². The fourth-order valence-electron chi connectivity index (χ4n) is 2.40. The first-order chi connectivity index (χ1) is 11.0. The van der Waals surface area contributed by atoms with Gasteiger partial charge in [0.25, 0.3) is 0 Å². The molecule has 0 saturated carbocycles. The number of hydrogen-bond acceptors (Lipinski definition) is 5. The molecule has 0 bridgehead atoms. The molecule has 1 N–H and O–H groups in total. The van der Waals surface area contributed by atoms with Gasteiger partial charge in [0.2, 0.25) is 10.0 Å². The van der Waals surface area contributed by atoms with E-state index in [4.69, 9.17) is 0 Å². The Morgan fingerprint density at radius 3 is 2.57 bits per heavy atom. The molecule has 0 fully saturated rings. The maximum Gasteiger partial charge on any atom is 0.243 e. The predicted molar refractivity (Wildman–Crippen MR) is 86.4 cm³/mol. The molecule has 0 aliphatic carbocycles. The zero-order chi connectivity index (χ0) is 16.4. The second-order valence-electron chi connectivity index (χ2n) is 5.33. The largest absolute Gasteiger partial charge is 0.243 e. The molecule has 1 heterocycles. The molecule has 120 valence electrons. The summed E-state index contributed by atoms with van der Waals surface area (Å²) in [5.41, 5.74) is 2.75. The normalized spacial score (nSPS) is 13.3. The Balaban J connectivity index is 1.89. The van der Waals surface area contributed by atoms with Gasteiger partial charge in [-0.3, -0.25) is 0 Å². The minimum absolute atomic E-state index is 0.0632. The number of aryl methyl sites for hydroxylation is 1. The number of nitrogens with one attached hydrogen (secondary N) is 1. The molecule has 1 aromatic heterocycles. The van der Waals surface area contributed by atoms with Crippen LogP contribution >= 0.6 is 0 Å². The fraction of sp³-hybridized carbons (Fsp3) is 0.250. The second-order valence-corrected chi connectivity index (χ2v) is 7.01. The van der Waals surface area contributed by atoms with Crippen LogP contribution in [0.4, 0.5) is 0 Å². The van der Waals surface area contributed by atoms with Gasteiger partial charge in [0.15, 0.2) is 5.52 Å². The number of aromatic nitrogens is 2. The number of fused-ring (bicyclic) bond motifs is 1. The highest BCUT2D eigenvalue weighted by Gasteiger charge is 2.22. The third kappa shape index (κ3) is 3.11. The van der Waals surface area contributed by atoms with Crippen LogP contribution in [0, 0.1) is 0 Å². The monoisotopic (exact) mass is 331 g/mol. The molecule has 0 aliphatic heterocycles. The van der Waals surface area contributed by atoms with Crippen molar-refractivity contribution in [3.63, 3.8) is 0 Å². The van der Waals surface area contributed by atoms with Crippen LogP contribution in [0.1, 0.15) is 31.0 Å². The molecule has 0 amide bonds. The van der Waals surface area contributed by atoms with E-state index in [1.54, 1.807) is 19.1 Å². The maximum absolute atomic E-state index is 12.6. The lowest BCUT2D eigenvalue weighted by atomic mass is 10.1. The van der Waals surface area contributed by atoms with Crippen LogP contribution in [0.25, 0.3) is 11.0 Å². The van der Waals surface area contributed by atoms with Crippen LogP contribution < -0.4 is 4.72 Å². The van der Waals surface area contributed by atoms with Gasteiger partial charge in [-0.2, -0.15) is 0 Å². The van der Waals surface area contributed by atoms with Gasteiger partial charge < -0.3 is 0 Å². The molecule has 0 radical (unpaired) electrons. The van der Waals surface area contributed by atoms with Crippen molar-refractivity contribution in [1.29, 1.82) is 0 Å². The minimum Gasteiger partial charge on any atom is -0.243 e. The van der Waals surface area contributed by atoms with E-state index in [1.807, 2.05) is 24.3 Å². The molecule has 0 aliphatic rings. The molecule has 6 nitrogen and oxygen atoms in total. The Kier molecular flexibility index (Phi) is 4.14. The standard InChI is InChI=1S/C16H17N3O3S/c1-3-12-7-9-13(10-8-12)11(2)19-23(20,21)15-6-4-5-14-16(15)18-22-17-14/h4-11,19H,3H2,1-2H3. The third-order valence-corrected chi connectivity index (χ3v) is 5.33. The van der Waals surface area contributed by atoms with Crippen molar-refractivity contribution in [2.45, 2.75) is 31.2 Å². The van der Waals surface area contributed by atoms with E-state index in [9.17, 15) is 8.42 Å². The molecule has 0 spiro atoms. The SMILES string of the molecule is CCc1ccc(C(C)NS(=O)(=O)c2cccc3nonc23)cc1. The summed E-state index contributed by atoms with van der Waals surface area (Å²) in [5.74, 6) is 0. The first-order valence-corrected chi connectivity index (χ1v) is 8.82. The Morgan fingerprint density at radius 1 is 1.13 bits per heavy atom. The van der Waals surface area contributed by atoms with E-state index in [0.29, 0.717) is 5.52 Å². The summed E-state index contributed by atoms with van der Waals surface area (Å²) in [6.07, 6.45) is 0.946. The molecule has 0 saturated heterocycles. The highest BCUT2D eigenvalue weighted by atomic mass is 32.2. The Labute approximate surface area is 134 Å². The van der Waals surface area contributed by atoms with Crippen molar-refractivity contribution in [2.24, 2.45) is 0 Å². The van der Waals surface area contributed by atoms with Crippen molar-refractivity contribution in [2.75, 3.05) is 0 Å². The highest BCUT2D eigenvalue weighted by Crippen LogP contribution is 2.22. The van der Waals surface area contributed by atoms with Gasteiger partial charge in [0.1, 0.15) is 10.4 Å². The topological polar surface area (TPSA) is 85.1 Å². The lowest BCUT2D eigenvalue weighted by Gasteiger charge is -2.15. The van der Waals surface area contributed by atoms with Crippen LogP contribution in [0.3, 0.4) is 0 Å². The Morgan fingerprint density at radius 2 is 1.87 bits per heavy atom. The minimum atomic E-state index is -3.73. The first kappa shape index (κ1) is 15.6. The summed E-state index contributed by atoms with van der Waals surface area (Å²) < 4.78 is 32.6. The van der Waals surface area contributed by atoms with E-state index in [1.165, 1.54) is 11.6 Å². The van der Waals surface area contributed by atoms with Crippen molar-refractivity contribution in [3.8, 4) is 0 Å². The molecular formula is C16H17N3O3S. The third-order valence-electron chi connectivity index (χ3n) is 3.76. The van der Waals surface area contributed by atoms with E-state index in [-0.39, 0.29) is 16.5 Å². The van der Waals surface area contributed by atoms with Crippen LogP contribution in [-0.4, -0.2) is 18.7 Å². The zero-order valence-corrected chi connectivity index (χ0v) is 13.7. The van der Waals surface area contributed by atoms with Gasteiger partial charge in [0.05, 0.1) is 0 Å². The predicted octanol–water partition coefficient (Wildman–Crippen LogP) is 2.82. The van der Waals surface area contributed by atoms with Crippen molar-refractivity contribution < 1.29 is 13.0 Å². The summed E-state index contributed by atoms with van der Waals surface area (Å²) in [7, 11) is -3.73. The van der Waals surface area contributed by atoms with Crippen LogP contribution in [0.15, 0.2) is 52.0 Å². The van der Waals surface area contributed by atoms with Gasteiger partial charge in [-0.25, -0.2) is 17.8 Å². The smallest absolute Gasteiger partial charge is 0.243 e. The quantitative estimate of drug-likeness (QED) is 0.777. The number of rotatable bonds is 5. The molecular weight excluding hydrogens is 314 g/mol. The fourth-order valence-corrected chi connectivity index (χ4v) is 3.79. The summed E-state index contributed by atoms with van der Waals surface area (Å²) in [4.78, 5) is 0.0632. The average molecular weight is 331 g/mol. The maximum atomic E-state index is 12.6. The molecule has 7 heteroatoms. The van der Waals surface area contributed by atoms with E-state index in [2.05, 4.69) is 26.6 Å². The molecule has 3 aromatic rings. The van der Waals surface area contributed by atoms with Crippen molar-refractivity contribution in [3.05, 3.63) is 53.6 Å². The van der Waals surface area contributed by atoms with Crippen LogP contribution in [-0.2, 0) is 16.4 Å². The number of nitrogens with zero attached hydrogens (tertiary/aromatic N) is 2. The van der Waals surface area contributed by atoms with Gasteiger partial charge in [0, 0.05) is 6.04 Å². The van der Waals surface area contributed by atoms with Gasteiger partial charge in [-0.15, -0.1) is 0 Å². The molecule has 1 atom stereocenters. The van der Waals surface area contributed by atoms with Gasteiger partial charge >= 0.3 is 0 Å². The summed E-state index contributed by atoms with van der Waals surface area (Å²) in [6, 6.07) is 12.3. The Bertz CT molecular complexity index is 917. The summed E-state index contributed by atoms with van der Waals surface area (Å²) >= 11 is 0. The molecule has 3 rings (SSSR count). The van der Waals surface area contributed by atoms with Crippen LogP contribution in [0.5, 0.6) is 0 Å². The highest BCUT2D eigenvalue weighted by molar-refractivity contribution is 7.89. The zero-order valence-electron chi connectivity index (χ0n) is 12.9. The Hall–Kier alpha value is -2.25. The van der Waals surface area contributed by atoms with Crippen molar-refractivity contribution in [1.82, 2.24) is 15.0 Å². The second kappa shape index (κ2) is 6.10. The first-order valence-electron chi connectivity index (χ1n) is 7.33. The van der Waals surface area contributed by atoms with E-state index < -0.39 is 10.0 Å². The number of sulfonamides is 1. The molecule has 2 aromatic carbocycles. The van der Waals surface area contributed by atoms with E-state index in [0.717, 1.165) is 12.0 Å². The lowest BCUT2D eigenvalue weighted by molar-refractivity contribution is 0.315.